The molecule has 1 atom stereocenters. The zero-order valence-corrected chi connectivity index (χ0v) is 21.5. The monoisotopic (exact) mass is 514 g/mol. The molecule has 8 heteroatoms. The van der Waals surface area contributed by atoms with Gasteiger partial charge in [-0.25, -0.2) is 13.4 Å². The molecule has 1 amide bonds. The number of fused-ring (bicyclic) bond motifs is 3. The molecule has 190 valence electrons. The van der Waals surface area contributed by atoms with Crippen molar-refractivity contribution in [3.63, 3.8) is 0 Å². The maximum atomic E-state index is 13.5. The second-order valence-corrected chi connectivity index (χ2v) is 11.8. The molecule has 0 aromatic heterocycles. The zero-order valence-electron chi connectivity index (χ0n) is 20.6. The molecule has 0 spiro atoms. The van der Waals surface area contributed by atoms with Crippen molar-refractivity contribution in [1.82, 2.24) is 15.2 Å². The number of nitrogens with zero attached hydrogens (tertiary/aromatic N) is 3. The third-order valence-corrected chi connectivity index (χ3v) is 9.31. The van der Waals surface area contributed by atoms with E-state index < -0.39 is 15.9 Å². The second kappa shape index (κ2) is 9.85. The number of hydrazone groups is 1. The molecular formula is C29H30N4O3S. The Morgan fingerprint density at radius 3 is 2.41 bits per heavy atom. The van der Waals surface area contributed by atoms with Crippen LogP contribution in [0.5, 0.6) is 0 Å². The first-order chi connectivity index (χ1) is 18.0. The largest absolute Gasteiger partial charge is 0.301 e. The summed E-state index contributed by atoms with van der Waals surface area (Å²) in [6, 6.07) is 22.2. The van der Waals surface area contributed by atoms with E-state index in [9.17, 15) is 13.2 Å². The first-order valence-electron chi connectivity index (χ1n) is 12.9. The van der Waals surface area contributed by atoms with Crippen LogP contribution in [0.4, 0.5) is 0 Å². The lowest BCUT2D eigenvalue weighted by Gasteiger charge is -2.35. The van der Waals surface area contributed by atoms with Crippen LogP contribution >= 0.6 is 0 Å². The number of carbonyl (C=O) groups is 1. The molecule has 0 radical (unpaired) electrons. The van der Waals surface area contributed by atoms with Gasteiger partial charge in [0.05, 0.1) is 28.2 Å². The van der Waals surface area contributed by atoms with Gasteiger partial charge < -0.3 is 5.32 Å². The van der Waals surface area contributed by atoms with Gasteiger partial charge in [-0.15, -0.1) is 0 Å². The van der Waals surface area contributed by atoms with Gasteiger partial charge in [0.2, 0.25) is 9.84 Å². The van der Waals surface area contributed by atoms with Gasteiger partial charge in [0.15, 0.2) is 0 Å². The number of hydrogen-bond acceptors (Lipinski definition) is 6. The van der Waals surface area contributed by atoms with Gasteiger partial charge in [-0.1, -0.05) is 61.0 Å². The first kappa shape index (κ1) is 24.0. The molecule has 3 aliphatic rings. The van der Waals surface area contributed by atoms with E-state index in [4.69, 9.17) is 5.10 Å². The summed E-state index contributed by atoms with van der Waals surface area (Å²) in [5.74, 6) is -0.0284. The van der Waals surface area contributed by atoms with Gasteiger partial charge in [0.25, 0.3) is 5.91 Å². The van der Waals surface area contributed by atoms with E-state index in [1.807, 2.05) is 54.6 Å². The molecule has 0 saturated carbocycles. The van der Waals surface area contributed by atoms with Crippen LogP contribution in [0.3, 0.4) is 0 Å². The van der Waals surface area contributed by atoms with Crippen molar-refractivity contribution in [3.8, 4) is 11.1 Å². The van der Waals surface area contributed by atoms with Gasteiger partial charge in [0.1, 0.15) is 0 Å². The lowest BCUT2D eigenvalue weighted by atomic mass is 9.96. The van der Waals surface area contributed by atoms with Crippen LogP contribution in [-0.4, -0.2) is 55.7 Å². The summed E-state index contributed by atoms with van der Waals surface area (Å²) in [6.45, 7) is 2.97. The number of benzene rings is 3. The van der Waals surface area contributed by atoms with Gasteiger partial charge >= 0.3 is 0 Å². The molecule has 0 aliphatic carbocycles. The fourth-order valence-corrected chi connectivity index (χ4v) is 7.12. The Morgan fingerprint density at radius 1 is 0.865 bits per heavy atom. The summed E-state index contributed by atoms with van der Waals surface area (Å²) in [5, 5.41) is 9.87. The average Bonchev–Trinajstić information content (AvgIpc) is 3.16. The number of nitrogens with one attached hydrogen (secondary N) is 1. The normalized spacial score (nSPS) is 20.9. The van der Waals surface area contributed by atoms with Crippen LogP contribution in [0.15, 0.2) is 87.7 Å². The van der Waals surface area contributed by atoms with Crippen molar-refractivity contribution in [2.24, 2.45) is 5.10 Å². The summed E-state index contributed by atoms with van der Waals surface area (Å²) in [5.41, 5.74) is 4.15. The fraction of sp³-hybridized carbons (Fsp3) is 0.310. The van der Waals surface area contributed by atoms with Crippen LogP contribution in [-0.2, 0) is 21.2 Å². The smallest absolute Gasteiger partial charge is 0.261 e. The minimum absolute atomic E-state index is 0.0284. The number of rotatable bonds is 6. The Balaban J connectivity index is 1.33. The Labute approximate surface area is 217 Å². The molecule has 37 heavy (non-hydrogen) atoms. The van der Waals surface area contributed by atoms with Crippen LogP contribution in [0.1, 0.15) is 36.8 Å². The number of carbonyl (C=O) groups excluding carboxylic acids is 1. The van der Waals surface area contributed by atoms with E-state index in [0.717, 1.165) is 48.3 Å². The number of amides is 1. The Kier molecular flexibility index (Phi) is 6.40. The molecule has 1 fully saturated rings. The van der Waals surface area contributed by atoms with Crippen molar-refractivity contribution >= 4 is 21.5 Å². The molecule has 1 saturated heterocycles. The lowest BCUT2D eigenvalue weighted by molar-refractivity contribution is -0.136. The van der Waals surface area contributed by atoms with Gasteiger partial charge in [0, 0.05) is 24.1 Å². The molecule has 6 rings (SSSR count). The topological polar surface area (TPSA) is 82.1 Å². The van der Waals surface area contributed by atoms with Crippen LogP contribution < -0.4 is 5.32 Å². The molecule has 3 aliphatic heterocycles. The quantitative estimate of drug-likeness (QED) is 0.420. The molecule has 3 heterocycles. The Hall–Kier alpha value is -3.33. The van der Waals surface area contributed by atoms with E-state index in [0.29, 0.717) is 35.0 Å². The van der Waals surface area contributed by atoms with Crippen LogP contribution in [0.2, 0.25) is 0 Å². The van der Waals surface area contributed by atoms with Gasteiger partial charge in [-0.3, -0.25) is 9.69 Å². The highest BCUT2D eigenvalue weighted by atomic mass is 32.2. The predicted molar refractivity (Wildman–Crippen MR) is 143 cm³/mol. The summed E-state index contributed by atoms with van der Waals surface area (Å²) in [6.07, 6.45) is 3.93. The minimum Gasteiger partial charge on any atom is -0.301 e. The highest BCUT2D eigenvalue weighted by Crippen LogP contribution is 2.43. The summed E-state index contributed by atoms with van der Waals surface area (Å²) in [7, 11) is -3.52. The number of sulfone groups is 1. The molecule has 3 aromatic carbocycles. The third kappa shape index (κ3) is 4.61. The molecular weight excluding hydrogens is 484 g/mol. The second-order valence-electron chi connectivity index (χ2n) is 9.94. The minimum atomic E-state index is -3.52. The van der Waals surface area contributed by atoms with Crippen LogP contribution in [0, 0.1) is 0 Å². The standard InChI is InChI=1S/C29H30N4O3S/c34-29-26(30-19-21-9-3-1-4-10-21)18-25(31-33(29)20-32-15-7-2-8-16-32)22-13-14-28-24(17-22)23-11-5-6-12-27(23)37(28,35)36/h1,3-6,9-14,17,26,30H,2,7-8,15-16,18-20H2. The summed E-state index contributed by atoms with van der Waals surface area (Å²) in [4.78, 5) is 16.4. The van der Waals surface area contributed by atoms with E-state index in [1.54, 1.807) is 23.2 Å². The average molecular weight is 515 g/mol. The van der Waals surface area contributed by atoms with Crippen LogP contribution in [0.25, 0.3) is 11.1 Å². The summed E-state index contributed by atoms with van der Waals surface area (Å²) >= 11 is 0. The van der Waals surface area contributed by atoms with Gasteiger partial charge in [-0.2, -0.15) is 5.10 Å². The molecule has 3 aromatic rings. The molecule has 1 unspecified atom stereocenters. The zero-order chi connectivity index (χ0) is 25.4. The van der Waals surface area contributed by atoms with Crippen molar-refractivity contribution in [2.75, 3.05) is 19.8 Å². The highest BCUT2D eigenvalue weighted by molar-refractivity contribution is 7.92. The lowest BCUT2D eigenvalue weighted by Crippen LogP contribution is -2.52. The Morgan fingerprint density at radius 2 is 1.59 bits per heavy atom. The fourth-order valence-electron chi connectivity index (χ4n) is 5.46. The van der Waals surface area contributed by atoms with E-state index in [2.05, 4.69) is 10.2 Å². The molecule has 7 nitrogen and oxygen atoms in total. The van der Waals surface area contributed by atoms with Crippen molar-refractivity contribution in [1.29, 1.82) is 0 Å². The molecule has 0 bridgehead atoms. The molecule has 1 N–H and O–H groups in total. The number of piperidine rings is 1. The summed E-state index contributed by atoms with van der Waals surface area (Å²) < 4.78 is 26.1. The third-order valence-electron chi connectivity index (χ3n) is 7.44. The Bertz CT molecular complexity index is 1460. The highest BCUT2D eigenvalue weighted by Gasteiger charge is 2.35. The SMILES string of the molecule is O=C1C(NCc2ccccc2)CC(c2ccc3c(c2)-c2ccccc2S3(=O)=O)=NN1CN1CCCCC1. The predicted octanol–water partition coefficient (Wildman–Crippen LogP) is 4.04. The number of hydrogen-bond donors (Lipinski definition) is 1. The maximum absolute atomic E-state index is 13.5. The maximum Gasteiger partial charge on any atom is 0.261 e. The van der Waals surface area contributed by atoms with E-state index in [-0.39, 0.29) is 5.91 Å². The van der Waals surface area contributed by atoms with E-state index >= 15 is 0 Å². The van der Waals surface area contributed by atoms with E-state index in [1.165, 1.54) is 6.42 Å². The van der Waals surface area contributed by atoms with Crippen molar-refractivity contribution in [3.05, 3.63) is 83.9 Å². The van der Waals surface area contributed by atoms with Crippen molar-refractivity contribution < 1.29 is 13.2 Å². The van der Waals surface area contributed by atoms with Crippen molar-refractivity contribution in [2.45, 2.75) is 48.1 Å². The number of likely N-dealkylation sites (tertiary alicyclic amines) is 1. The first-order valence-corrected chi connectivity index (χ1v) is 14.4. The van der Waals surface area contributed by atoms with Gasteiger partial charge in [-0.05, 0) is 55.3 Å².